The van der Waals surface area contributed by atoms with Crippen LogP contribution in [0.3, 0.4) is 0 Å². The average molecular weight is 323 g/mol. The molecule has 22 heavy (non-hydrogen) atoms. The highest BCUT2D eigenvalue weighted by Gasteiger charge is 2.51. The van der Waals surface area contributed by atoms with Crippen LogP contribution in [0, 0.1) is 11.3 Å². The van der Waals surface area contributed by atoms with E-state index in [1.165, 1.54) is 12.0 Å². The van der Waals surface area contributed by atoms with Crippen LogP contribution in [0.1, 0.15) is 31.2 Å². The van der Waals surface area contributed by atoms with Crippen molar-refractivity contribution in [1.82, 2.24) is 10.2 Å². The molecule has 0 aromatic heterocycles. The van der Waals surface area contributed by atoms with Crippen molar-refractivity contribution < 1.29 is 4.79 Å². The van der Waals surface area contributed by atoms with Crippen LogP contribution in [0.15, 0.2) is 30.3 Å². The van der Waals surface area contributed by atoms with Crippen LogP contribution in [0.25, 0.3) is 0 Å². The Balaban J connectivity index is 0.00000176. The van der Waals surface area contributed by atoms with E-state index in [9.17, 15) is 4.79 Å². The molecule has 1 aliphatic carbocycles. The van der Waals surface area contributed by atoms with Gasteiger partial charge in [0.05, 0.1) is 5.41 Å². The fourth-order valence-electron chi connectivity index (χ4n) is 3.64. The van der Waals surface area contributed by atoms with Gasteiger partial charge in [-0.25, -0.2) is 0 Å². The van der Waals surface area contributed by atoms with Crippen molar-refractivity contribution in [2.24, 2.45) is 11.3 Å². The molecule has 1 aromatic rings. The molecule has 0 spiro atoms. The van der Waals surface area contributed by atoms with E-state index in [2.05, 4.69) is 34.5 Å². The van der Waals surface area contributed by atoms with Crippen LogP contribution in [0.4, 0.5) is 0 Å². The van der Waals surface area contributed by atoms with Gasteiger partial charge < -0.3 is 10.2 Å². The molecule has 3 rings (SSSR count). The van der Waals surface area contributed by atoms with Crippen molar-refractivity contribution in [1.29, 1.82) is 0 Å². The Morgan fingerprint density at radius 1 is 1.32 bits per heavy atom. The average Bonchev–Trinajstić information content (AvgIpc) is 3.29. The van der Waals surface area contributed by atoms with Gasteiger partial charge in [0, 0.05) is 13.1 Å². The van der Waals surface area contributed by atoms with Gasteiger partial charge in [-0.3, -0.25) is 4.79 Å². The summed E-state index contributed by atoms with van der Waals surface area (Å²) in [5.41, 5.74) is 1.22. The van der Waals surface area contributed by atoms with Crippen molar-refractivity contribution in [3.05, 3.63) is 35.9 Å². The molecule has 1 unspecified atom stereocenters. The van der Waals surface area contributed by atoms with Crippen molar-refractivity contribution >= 4 is 18.3 Å². The number of nitrogens with one attached hydrogen (secondary N) is 1. The summed E-state index contributed by atoms with van der Waals surface area (Å²) in [4.78, 5) is 15.1. The van der Waals surface area contributed by atoms with Gasteiger partial charge in [-0.1, -0.05) is 30.3 Å². The van der Waals surface area contributed by atoms with E-state index in [1.54, 1.807) is 0 Å². The number of nitrogens with zero attached hydrogens (tertiary/aromatic N) is 1. The van der Waals surface area contributed by atoms with Crippen molar-refractivity contribution in [3.8, 4) is 0 Å². The molecule has 2 aliphatic rings. The smallest absolute Gasteiger partial charge is 0.229 e. The van der Waals surface area contributed by atoms with Gasteiger partial charge in [-0.05, 0) is 57.2 Å². The molecule has 3 nitrogen and oxygen atoms in total. The van der Waals surface area contributed by atoms with E-state index in [4.69, 9.17) is 0 Å². The monoisotopic (exact) mass is 322 g/mol. The quantitative estimate of drug-likeness (QED) is 0.904. The van der Waals surface area contributed by atoms with Crippen molar-refractivity contribution in [2.75, 3.05) is 26.7 Å². The highest BCUT2D eigenvalue weighted by molar-refractivity contribution is 5.86. The highest BCUT2D eigenvalue weighted by atomic mass is 35.5. The van der Waals surface area contributed by atoms with E-state index in [-0.39, 0.29) is 17.8 Å². The predicted octanol–water partition coefficient (Wildman–Crippen LogP) is 2.89. The van der Waals surface area contributed by atoms with Crippen molar-refractivity contribution in [2.45, 2.75) is 32.1 Å². The maximum absolute atomic E-state index is 12.9. The number of piperidine rings is 1. The number of likely N-dealkylation sites (tertiary alicyclic amines) is 1. The fraction of sp³-hybridized carbons (Fsp3) is 0.611. The standard InChI is InChI=1S/C18H26N2O.ClH/c1-19-13-16-8-5-11-20(14-16)17(21)18(9-10-18)12-15-6-3-2-4-7-15;/h2-4,6-7,16,19H,5,8-14H2,1H3;1H. The second kappa shape index (κ2) is 7.47. The molecule has 4 heteroatoms. The zero-order valence-electron chi connectivity index (χ0n) is 13.4. The Bertz CT molecular complexity index is 485. The van der Waals surface area contributed by atoms with E-state index in [1.807, 2.05) is 13.1 Å². The summed E-state index contributed by atoms with van der Waals surface area (Å²) in [6.45, 7) is 2.92. The summed E-state index contributed by atoms with van der Waals surface area (Å²) in [6, 6.07) is 10.5. The third kappa shape index (κ3) is 3.82. The van der Waals surface area contributed by atoms with E-state index in [0.717, 1.165) is 45.3 Å². The predicted molar refractivity (Wildman–Crippen MR) is 92.3 cm³/mol. The molecule has 1 N–H and O–H groups in total. The molecule has 0 bridgehead atoms. The molecule has 122 valence electrons. The Morgan fingerprint density at radius 2 is 2.05 bits per heavy atom. The summed E-state index contributed by atoms with van der Waals surface area (Å²) in [7, 11) is 2.00. The van der Waals surface area contributed by atoms with Gasteiger partial charge >= 0.3 is 0 Å². The molecule has 2 fully saturated rings. The van der Waals surface area contributed by atoms with Gasteiger partial charge in [0.25, 0.3) is 0 Å². The second-order valence-corrected chi connectivity index (χ2v) is 6.76. The van der Waals surface area contributed by atoms with E-state index < -0.39 is 0 Å². The normalized spacial score (nSPS) is 22.8. The van der Waals surface area contributed by atoms with Gasteiger partial charge in [0.15, 0.2) is 0 Å². The minimum atomic E-state index is -0.0805. The molecule has 1 amide bonds. The molecular formula is C18H27ClN2O. The largest absolute Gasteiger partial charge is 0.342 e. The van der Waals surface area contributed by atoms with Crippen LogP contribution in [0.2, 0.25) is 0 Å². The number of carbonyl (C=O) groups is 1. The molecule has 1 aromatic carbocycles. The Morgan fingerprint density at radius 3 is 2.68 bits per heavy atom. The Kier molecular flexibility index (Phi) is 5.87. The lowest BCUT2D eigenvalue weighted by Gasteiger charge is -2.35. The third-order valence-electron chi connectivity index (χ3n) is 4.99. The number of benzene rings is 1. The van der Waals surface area contributed by atoms with Gasteiger partial charge in [-0.2, -0.15) is 0 Å². The second-order valence-electron chi connectivity index (χ2n) is 6.76. The molecule has 1 saturated heterocycles. The maximum atomic E-state index is 12.9. The zero-order chi connectivity index (χ0) is 14.7. The minimum Gasteiger partial charge on any atom is -0.342 e. The van der Waals surface area contributed by atoms with Crippen LogP contribution in [-0.2, 0) is 11.2 Å². The number of halogens is 1. The van der Waals surface area contributed by atoms with Crippen LogP contribution in [-0.4, -0.2) is 37.5 Å². The Hall–Kier alpha value is -1.06. The zero-order valence-corrected chi connectivity index (χ0v) is 14.2. The highest BCUT2D eigenvalue weighted by Crippen LogP contribution is 2.50. The van der Waals surface area contributed by atoms with Gasteiger partial charge in [0.2, 0.25) is 5.91 Å². The fourth-order valence-corrected chi connectivity index (χ4v) is 3.64. The number of amides is 1. The van der Waals surface area contributed by atoms with Crippen LogP contribution >= 0.6 is 12.4 Å². The lowest BCUT2D eigenvalue weighted by molar-refractivity contribution is -0.138. The van der Waals surface area contributed by atoms with Crippen molar-refractivity contribution in [3.63, 3.8) is 0 Å². The first-order valence-corrected chi connectivity index (χ1v) is 8.21. The topological polar surface area (TPSA) is 32.3 Å². The van der Waals surface area contributed by atoms with E-state index >= 15 is 0 Å². The van der Waals surface area contributed by atoms with Gasteiger partial charge in [0.1, 0.15) is 0 Å². The SMILES string of the molecule is CNCC1CCCN(C(=O)C2(Cc3ccccc3)CC2)C1.Cl. The number of hydrogen-bond acceptors (Lipinski definition) is 2. The summed E-state index contributed by atoms with van der Waals surface area (Å²) in [5, 5.41) is 3.25. The lowest BCUT2D eigenvalue weighted by atomic mass is 9.92. The first kappa shape index (κ1) is 17.3. The molecule has 1 atom stereocenters. The first-order valence-electron chi connectivity index (χ1n) is 8.21. The summed E-state index contributed by atoms with van der Waals surface area (Å²) >= 11 is 0. The van der Waals surface area contributed by atoms with Crippen LogP contribution in [0.5, 0.6) is 0 Å². The lowest BCUT2D eigenvalue weighted by Crippen LogP contribution is -2.46. The van der Waals surface area contributed by atoms with E-state index in [0.29, 0.717) is 11.8 Å². The summed E-state index contributed by atoms with van der Waals surface area (Å²) < 4.78 is 0. The molecule has 0 radical (unpaired) electrons. The Labute approximate surface area is 139 Å². The third-order valence-corrected chi connectivity index (χ3v) is 4.99. The molecular weight excluding hydrogens is 296 g/mol. The first-order chi connectivity index (χ1) is 10.2. The molecule has 1 saturated carbocycles. The summed E-state index contributed by atoms with van der Waals surface area (Å²) in [6.07, 6.45) is 5.44. The number of rotatable bonds is 5. The molecule has 1 heterocycles. The summed E-state index contributed by atoms with van der Waals surface area (Å²) in [5.74, 6) is 1.03. The maximum Gasteiger partial charge on any atom is 0.229 e. The van der Waals surface area contributed by atoms with Crippen LogP contribution < -0.4 is 5.32 Å². The number of carbonyl (C=O) groups excluding carboxylic acids is 1. The van der Waals surface area contributed by atoms with Gasteiger partial charge in [-0.15, -0.1) is 12.4 Å². The number of hydrogen-bond donors (Lipinski definition) is 1. The minimum absolute atomic E-state index is 0. The molecule has 1 aliphatic heterocycles.